The number of hydrogen-bond acceptors (Lipinski definition) is 4. The minimum absolute atomic E-state index is 0.0727. The summed E-state index contributed by atoms with van der Waals surface area (Å²) in [4.78, 5) is 30.6. The molecule has 0 saturated carbocycles. The standard InChI is InChI=1S/C20H25Cl2N3O3/c21-17-3-1-15(13-18(17)22)2-4-19(27)24-8-6-20(28)25(12-11-24)10-9-23-7-5-16(26)14-23/h1-4,13,16,26H,5-12,14H2/t16-/m0/s1. The van der Waals surface area contributed by atoms with E-state index in [1.54, 1.807) is 29.2 Å². The van der Waals surface area contributed by atoms with Crippen LogP contribution >= 0.6 is 23.2 Å². The highest BCUT2D eigenvalue weighted by Gasteiger charge is 2.25. The highest BCUT2D eigenvalue weighted by molar-refractivity contribution is 6.42. The molecule has 1 aromatic carbocycles. The van der Waals surface area contributed by atoms with Gasteiger partial charge in [-0.15, -0.1) is 0 Å². The van der Waals surface area contributed by atoms with Gasteiger partial charge in [0, 0.05) is 58.3 Å². The predicted octanol–water partition coefficient (Wildman–Crippen LogP) is 2.13. The van der Waals surface area contributed by atoms with E-state index in [0.717, 1.165) is 25.1 Å². The number of carbonyl (C=O) groups is 2. The fraction of sp³-hybridized carbons (Fsp3) is 0.500. The van der Waals surface area contributed by atoms with Gasteiger partial charge in [0.2, 0.25) is 11.8 Å². The van der Waals surface area contributed by atoms with Crippen LogP contribution in [0.3, 0.4) is 0 Å². The van der Waals surface area contributed by atoms with Crippen LogP contribution in [0.15, 0.2) is 24.3 Å². The third-order valence-electron chi connectivity index (χ3n) is 5.20. The van der Waals surface area contributed by atoms with Gasteiger partial charge in [0.25, 0.3) is 0 Å². The van der Waals surface area contributed by atoms with Crippen LogP contribution in [0.1, 0.15) is 18.4 Å². The molecule has 0 radical (unpaired) electrons. The van der Waals surface area contributed by atoms with Gasteiger partial charge >= 0.3 is 0 Å². The summed E-state index contributed by atoms with van der Waals surface area (Å²) >= 11 is 11.9. The van der Waals surface area contributed by atoms with Gasteiger partial charge in [0.1, 0.15) is 0 Å². The lowest BCUT2D eigenvalue weighted by atomic mass is 10.2. The van der Waals surface area contributed by atoms with E-state index in [0.29, 0.717) is 49.2 Å². The van der Waals surface area contributed by atoms with Crippen molar-refractivity contribution < 1.29 is 14.7 Å². The first kappa shape index (κ1) is 21.1. The van der Waals surface area contributed by atoms with Crippen LogP contribution in [-0.4, -0.2) is 83.5 Å². The van der Waals surface area contributed by atoms with Gasteiger partial charge in [-0.2, -0.15) is 0 Å². The van der Waals surface area contributed by atoms with E-state index >= 15 is 0 Å². The molecule has 2 saturated heterocycles. The van der Waals surface area contributed by atoms with Gasteiger partial charge in [0.15, 0.2) is 0 Å². The van der Waals surface area contributed by atoms with Gasteiger partial charge in [-0.3, -0.25) is 14.5 Å². The van der Waals surface area contributed by atoms with Crippen LogP contribution in [0.5, 0.6) is 0 Å². The second-order valence-electron chi connectivity index (χ2n) is 7.21. The molecule has 8 heteroatoms. The number of aliphatic hydroxyl groups is 1. The lowest BCUT2D eigenvalue weighted by Crippen LogP contribution is -2.39. The Morgan fingerprint density at radius 3 is 2.68 bits per heavy atom. The molecule has 2 aliphatic heterocycles. The molecule has 2 heterocycles. The van der Waals surface area contributed by atoms with Crippen LogP contribution in [-0.2, 0) is 9.59 Å². The molecule has 1 atom stereocenters. The normalized spacial score (nSPS) is 21.5. The summed E-state index contributed by atoms with van der Waals surface area (Å²) in [5, 5.41) is 10.5. The molecule has 0 spiro atoms. The summed E-state index contributed by atoms with van der Waals surface area (Å²) in [6.07, 6.45) is 4.07. The fourth-order valence-electron chi connectivity index (χ4n) is 3.49. The van der Waals surface area contributed by atoms with Gasteiger partial charge in [-0.1, -0.05) is 29.3 Å². The molecule has 152 valence electrons. The topological polar surface area (TPSA) is 64.1 Å². The zero-order chi connectivity index (χ0) is 20.1. The number of benzene rings is 1. The number of halogens is 2. The summed E-state index contributed by atoms with van der Waals surface area (Å²) in [7, 11) is 0. The van der Waals surface area contributed by atoms with Crippen molar-refractivity contribution in [3.8, 4) is 0 Å². The lowest BCUT2D eigenvalue weighted by molar-refractivity contribution is -0.130. The molecule has 2 aliphatic rings. The third kappa shape index (κ3) is 5.70. The van der Waals surface area contributed by atoms with E-state index in [-0.39, 0.29) is 17.9 Å². The smallest absolute Gasteiger partial charge is 0.246 e. The molecule has 1 aromatic rings. The van der Waals surface area contributed by atoms with Gasteiger partial charge in [-0.05, 0) is 30.2 Å². The molecule has 0 unspecified atom stereocenters. The number of amides is 2. The Labute approximate surface area is 175 Å². The molecule has 0 aromatic heterocycles. The Hall–Kier alpha value is -1.60. The molecule has 0 aliphatic carbocycles. The Morgan fingerprint density at radius 2 is 1.96 bits per heavy atom. The van der Waals surface area contributed by atoms with Gasteiger partial charge in [0.05, 0.1) is 16.1 Å². The van der Waals surface area contributed by atoms with E-state index in [1.165, 1.54) is 6.08 Å². The van der Waals surface area contributed by atoms with E-state index in [9.17, 15) is 14.7 Å². The van der Waals surface area contributed by atoms with Crippen LogP contribution < -0.4 is 0 Å². The van der Waals surface area contributed by atoms with Crippen molar-refractivity contribution in [3.63, 3.8) is 0 Å². The van der Waals surface area contributed by atoms with Crippen molar-refractivity contribution in [2.75, 3.05) is 45.8 Å². The van der Waals surface area contributed by atoms with Crippen molar-refractivity contribution in [1.82, 2.24) is 14.7 Å². The highest BCUT2D eigenvalue weighted by Crippen LogP contribution is 2.23. The predicted molar refractivity (Wildman–Crippen MR) is 110 cm³/mol. The second kappa shape index (κ2) is 9.74. The molecule has 3 rings (SSSR count). The minimum Gasteiger partial charge on any atom is -0.392 e. The monoisotopic (exact) mass is 425 g/mol. The first-order valence-corrected chi connectivity index (χ1v) is 10.3. The molecule has 2 amide bonds. The summed E-state index contributed by atoms with van der Waals surface area (Å²) in [5.74, 6) is -0.0492. The van der Waals surface area contributed by atoms with Crippen LogP contribution in [0, 0.1) is 0 Å². The molecule has 1 N–H and O–H groups in total. The van der Waals surface area contributed by atoms with E-state index in [2.05, 4.69) is 4.90 Å². The third-order valence-corrected chi connectivity index (χ3v) is 5.93. The molecular formula is C20H25Cl2N3O3. The zero-order valence-electron chi connectivity index (χ0n) is 15.7. The number of carbonyl (C=O) groups excluding carboxylic acids is 2. The van der Waals surface area contributed by atoms with Crippen molar-refractivity contribution in [2.24, 2.45) is 0 Å². The van der Waals surface area contributed by atoms with E-state index < -0.39 is 0 Å². The van der Waals surface area contributed by atoms with Gasteiger partial charge < -0.3 is 14.9 Å². The average Bonchev–Trinajstić information content (AvgIpc) is 3.00. The summed E-state index contributed by atoms with van der Waals surface area (Å²) in [6.45, 7) is 4.39. The Balaban J connectivity index is 1.51. The molecular weight excluding hydrogens is 401 g/mol. The van der Waals surface area contributed by atoms with E-state index in [1.807, 2.05) is 4.90 Å². The summed E-state index contributed by atoms with van der Waals surface area (Å²) < 4.78 is 0. The Bertz CT molecular complexity index is 756. The van der Waals surface area contributed by atoms with Crippen molar-refractivity contribution >= 4 is 41.1 Å². The minimum atomic E-state index is -0.254. The largest absolute Gasteiger partial charge is 0.392 e. The molecule has 2 fully saturated rings. The van der Waals surface area contributed by atoms with Crippen LogP contribution in [0.4, 0.5) is 0 Å². The van der Waals surface area contributed by atoms with E-state index in [4.69, 9.17) is 23.2 Å². The number of likely N-dealkylation sites (tertiary alicyclic amines) is 1. The maximum Gasteiger partial charge on any atom is 0.246 e. The number of hydrogen-bond donors (Lipinski definition) is 1. The maximum atomic E-state index is 12.5. The lowest BCUT2D eigenvalue weighted by Gasteiger charge is -2.24. The molecule has 28 heavy (non-hydrogen) atoms. The average molecular weight is 426 g/mol. The number of nitrogens with zero attached hydrogens (tertiary/aromatic N) is 3. The molecule has 0 bridgehead atoms. The Morgan fingerprint density at radius 1 is 1.14 bits per heavy atom. The number of β-amino-alcohol motifs (C(OH)–C–C–N with tert-alkyl or cyclic N) is 1. The highest BCUT2D eigenvalue weighted by atomic mass is 35.5. The summed E-state index contributed by atoms with van der Waals surface area (Å²) in [5.41, 5.74) is 0.795. The maximum absolute atomic E-state index is 12.5. The van der Waals surface area contributed by atoms with Crippen LogP contribution in [0.25, 0.3) is 6.08 Å². The first-order valence-electron chi connectivity index (χ1n) is 9.52. The van der Waals surface area contributed by atoms with Crippen molar-refractivity contribution in [2.45, 2.75) is 18.9 Å². The van der Waals surface area contributed by atoms with Crippen molar-refractivity contribution in [1.29, 1.82) is 0 Å². The molecule has 6 nitrogen and oxygen atoms in total. The number of aliphatic hydroxyl groups excluding tert-OH is 1. The van der Waals surface area contributed by atoms with Crippen LogP contribution in [0.2, 0.25) is 10.0 Å². The first-order chi connectivity index (χ1) is 13.4. The number of rotatable bonds is 5. The van der Waals surface area contributed by atoms with Crippen molar-refractivity contribution in [3.05, 3.63) is 39.9 Å². The SMILES string of the molecule is O=C(C=Cc1ccc(Cl)c(Cl)c1)N1CCC(=O)N(CCN2CC[C@H](O)C2)CC1. The quantitative estimate of drug-likeness (QED) is 0.733. The zero-order valence-corrected chi connectivity index (χ0v) is 17.2. The second-order valence-corrected chi connectivity index (χ2v) is 8.02. The fourth-order valence-corrected chi connectivity index (χ4v) is 3.80. The van der Waals surface area contributed by atoms with Gasteiger partial charge in [-0.25, -0.2) is 0 Å². The Kier molecular flexibility index (Phi) is 7.35. The summed E-state index contributed by atoms with van der Waals surface area (Å²) in [6, 6.07) is 5.19.